The number of rotatable bonds is 4. The third kappa shape index (κ3) is 3.37. The molecule has 2 heterocycles. The Morgan fingerprint density at radius 3 is 2.95 bits per heavy atom. The number of carbonyl (C=O) groups excluding carboxylic acids is 1. The van der Waals surface area contributed by atoms with Crippen LogP contribution < -0.4 is 15.8 Å². The summed E-state index contributed by atoms with van der Waals surface area (Å²) in [4.78, 5) is 23.5. The molecule has 0 spiro atoms. The van der Waals surface area contributed by atoms with E-state index in [1.54, 1.807) is 13.0 Å². The lowest BCUT2D eigenvalue weighted by Crippen LogP contribution is -2.20. The molecule has 0 bridgehead atoms. The van der Waals surface area contributed by atoms with Gasteiger partial charge in [-0.2, -0.15) is 4.98 Å². The topological polar surface area (TPSA) is 121 Å². The highest BCUT2D eigenvalue weighted by atomic mass is 16.5. The van der Waals surface area contributed by atoms with Crippen molar-refractivity contribution in [3.05, 3.63) is 18.1 Å². The summed E-state index contributed by atoms with van der Waals surface area (Å²) in [6, 6.07) is 1.66. The molecule has 0 aliphatic carbocycles. The van der Waals surface area contributed by atoms with Crippen LogP contribution in [0.15, 0.2) is 12.4 Å². The second kappa shape index (κ2) is 5.29. The normalized spacial score (nSPS) is 10.2. The summed E-state index contributed by atoms with van der Waals surface area (Å²) in [5, 5.41) is 6.35. The van der Waals surface area contributed by atoms with Gasteiger partial charge >= 0.3 is 0 Å². The zero-order valence-electron chi connectivity index (χ0n) is 10.5. The molecule has 0 aromatic carbocycles. The van der Waals surface area contributed by atoms with E-state index in [0.29, 0.717) is 11.6 Å². The number of methoxy groups -OCH3 is 1. The third-order valence-corrected chi connectivity index (χ3v) is 2.15. The van der Waals surface area contributed by atoms with Crippen LogP contribution in [0.4, 0.5) is 11.9 Å². The number of carbonyl (C=O) groups is 1. The summed E-state index contributed by atoms with van der Waals surface area (Å²) < 4.78 is 6.31. The van der Waals surface area contributed by atoms with E-state index in [1.807, 2.05) is 0 Å². The van der Waals surface area contributed by atoms with Crippen LogP contribution in [0.5, 0.6) is 5.88 Å². The number of nitrogen functional groups attached to an aromatic ring is 1. The van der Waals surface area contributed by atoms with Crippen LogP contribution in [0.25, 0.3) is 0 Å². The maximum Gasteiger partial charge on any atom is 0.248 e. The molecular formula is C10H13N7O2. The van der Waals surface area contributed by atoms with Gasteiger partial charge in [0.05, 0.1) is 7.11 Å². The zero-order chi connectivity index (χ0) is 13.8. The first-order valence-corrected chi connectivity index (χ1v) is 5.41. The van der Waals surface area contributed by atoms with E-state index in [4.69, 9.17) is 10.5 Å². The average Bonchev–Trinajstić information content (AvgIpc) is 2.73. The standard InChI is InChI=1S/C10H13N7O2/c1-6-3-8(19-2)15-10(13-6)14-7(18)4-17-5-12-9(11)16-17/h3,5H,4H2,1-2H3,(H2,11,16)(H,13,14,15,18). The number of aryl methyl sites for hydroxylation is 1. The van der Waals surface area contributed by atoms with E-state index in [1.165, 1.54) is 18.1 Å². The van der Waals surface area contributed by atoms with Crippen molar-refractivity contribution >= 4 is 17.8 Å². The van der Waals surface area contributed by atoms with Gasteiger partial charge in [0.15, 0.2) is 0 Å². The Morgan fingerprint density at radius 2 is 2.32 bits per heavy atom. The van der Waals surface area contributed by atoms with Gasteiger partial charge in [-0.15, -0.1) is 5.10 Å². The highest BCUT2D eigenvalue weighted by molar-refractivity contribution is 5.88. The summed E-state index contributed by atoms with van der Waals surface area (Å²) in [5.41, 5.74) is 6.04. The van der Waals surface area contributed by atoms with E-state index in [9.17, 15) is 4.79 Å². The number of aromatic nitrogens is 5. The quantitative estimate of drug-likeness (QED) is 0.770. The van der Waals surface area contributed by atoms with Crippen LogP contribution in [0.1, 0.15) is 5.69 Å². The van der Waals surface area contributed by atoms with Gasteiger partial charge in [-0.1, -0.05) is 0 Å². The zero-order valence-corrected chi connectivity index (χ0v) is 10.5. The van der Waals surface area contributed by atoms with Gasteiger partial charge in [0, 0.05) is 11.8 Å². The van der Waals surface area contributed by atoms with E-state index < -0.39 is 0 Å². The van der Waals surface area contributed by atoms with Crippen LogP contribution >= 0.6 is 0 Å². The van der Waals surface area contributed by atoms with Crippen LogP contribution in [-0.4, -0.2) is 37.7 Å². The van der Waals surface area contributed by atoms with E-state index >= 15 is 0 Å². The van der Waals surface area contributed by atoms with Gasteiger partial charge in [-0.25, -0.2) is 14.6 Å². The molecule has 0 atom stereocenters. The van der Waals surface area contributed by atoms with Crippen molar-refractivity contribution in [2.75, 3.05) is 18.2 Å². The Kier molecular flexibility index (Phi) is 3.55. The lowest BCUT2D eigenvalue weighted by molar-refractivity contribution is -0.116. The molecule has 9 nitrogen and oxygen atoms in total. The van der Waals surface area contributed by atoms with Gasteiger partial charge < -0.3 is 10.5 Å². The molecule has 0 saturated heterocycles. The van der Waals surface area contributed by atoms with Crippen molar-refractivity contribution in [1.82, 2.24) is 24.7 Å². The maximum atomic E-state index is 11.7. The SMILES string of the molecule is COc1cc(C)nc(NC(=O)Cn2cnc(N)n2)n1. The van der Waals surface area contributed by atoms with E-state index in [-0.39, 0.29) is 24.3 Å². The molecule has 0 saturated carbocycles. The molecule has 2 rings (SSSR count). The molecule has 2 aromatic rings. The van der Waals surface area contributed by atoms with Crippen molar-refractivity contribution in [3.8, 4) is 5.88 Å². The fourth-order valence-electron chi connectivity index (χ4n) is 1.40. The fourth-order valence-corrected chi connectivity index (χ4v) is 1.40. The Hall–Kier alpha value is -2.71. The first-order valence-electron chi connectivity index (χ1n) is 5.41. The average molecular weight is 263 g/mol. The highest BCUT2D eigenvalue weighted by Crippen LogP contribution is 2.11. The fraction of sp³-hybridized carbons (Fsp3) is 0.300. The molecule has 3 N–H and O–H groups in total. The van der Waals surface area contributed by atoms with Gasteiger partial charge in [0.25, 0.3) is 0 Å². The Balaban J connectivity index is 2.04. The summed E-state index contributed by atoms with van der Waals surface area (Å²) in [7, 11) is 1.49. The van der Waals surface area contributed by atoms with Crippen LogP contribution in [-0.2, 0) is 11.3 Å². The number of nitrogens with zero attached hydrogens (tertiary/aromatic N) is 5. The van der Waals surface area contributed by atoms with Crippen LogP contribution in [0.2, 0.25) is 0 Å². The largest absolute Gasteiger partial charge is 0.481 e. The monoisotopic (exact) mass is 263 g/mol. The molecule has 19 heavy (non-hydrogen) atoms. The molecule has 0 unspecified atom stereocenters. The van der Waals surface area contributed by atoms with Crippen molar-refractivity contribution in [2.45, 2.75) is 13.5 Å². The summed E-state index contributed by atoms with van der Waals surface area (Å²) >= 11 is 0. The molecule has 0 fully saturated rings. The number of amides is 1. The number of nitrogens with one attached hydrogen (secondary N) is 1. The van der Waals surface area contributed by atoms with E-state index in [2.05, 4.69) is 25.4 Å². The number of hydrogen-bond acceptors (Lipinski definition) is 7. The molecule has 2 aromatic heterocycles. The molecule has 1 amide bonds. The predicted molar refractivity (Wildman–Crippen MR) is 66.4 cm³/mol. The van der Waals surface area contributed by atoms with Crippen molar-refractivity contribution in [3.63, 3.8) is 0 Å². The predicted octanol–water partition coefficient (Wildman–Crippen LogP) is -0.394. The minimum atomic E-state index is -0.336. The van der Waals surface area contributed by atoms with Crippen molar-refractivity contribution in [2.24, 2.45) is 0 Å². The number of ether oxygens (including phenoxy) is 1. The summed E-state index contributed by atoms with van der Waals surface area (Å²) in [6.45, 7) is 1.75. The maximum absolute atomic E-state index is 11.7. The van der Waals surface area contributed by atoms with Gasteiger partial charge in [-0.05, 0) is 6.92 Å². The van der Waals surface area contributed by atoms with Crippen LogP contribution in [0, 0.1) is 6.92 Å². The number of hydrogen-bond donors (Lipinski definition) is 2. The molecule has 100 valence electrons. The van der Waals surface area contributed by atoms with Gasteiger partial charge in [0.1, 0.15) is 12.9 Å². The third-order valence-electron chi connectivity index (χ3n) is 2.15. The van der Waals surface area contributed by atoms with Crippen molar-refractivity contribution < 1.29 is 9.53 Å². The van der Waals surface area contributed by atoms with Crippen LogP contribution in [0.3, 0.4) is 0 Å². The lowest BCUT2D eigenvalue weighted by atomic mass is 10.4. The second-order valence-electron chi connectivity index (χ2n) is 3.72. The minimum absolute atomic E-state index is 0.0240. The van der Waals surface area contributed by atoms with Gasteiger partial charge in [0.2, 0.25) is 23.7 Å². The minimum Gasteiger partial charge on any atom is -0.481 e. The number of nitrogens with two attached hydrogens (primary N) is 1. The summed E-state index contributed by atoms with van der Waals surface area (Å²) in [5.74, 6) is 0.335. The highest BCUT2D eigenvalue weighted by Gasteiger charge is 2.08. The molecular weight excluding hydrogens is 250 g/mol. The Bertz CT molecular complexity index is 595. The lowest BCUT2D eigenvalue weighted by Gasteiger charge is -2.06. The Labute approximate surface area is 108 Å². The van der Waals surface area contributed by atoms with E-state index in [0.717, 1.165) is 0 Å². The molecule has 0 radical (unpaired) electrons. The first kappa shape index (κ1) is 12.7. The smallest absolute Gasteiger partial charge is 0.248 e. The second-order valence-corrected chi connectivity index (χ2v) is 3.72. The van der Waals surface area contributed by atoms with Gasteiger partial charge in [-0.3, -0.25) is 10.1 Å². The number of anilines is 2. The first-order chi connectivity index (χ1) is 9.06. The molecule has 0 aliphatic rings. The molecule has 9 heteroatoms. The summed E-state index contributed by atoms with van der Waals surface area (Å²) in [6.07, 6.45) is 1.37. The Morgan fingerprint density at radius 1 is 1.53 bits per heavy atom. The molecule has 0 aliphatic heterocycles. The van der Waals surface area contributed by atoms with Crippen molar-refractivity contribution in [1.29, 1.82) is 0 Å².